The summed E-state index contributed by atoms with van der Waals surface area (Å²) in [4.78, 5) is 27.1. The van der Waals surface area contributed by atoms with Crippen LogP contribution < -0.4 is 5.90 Å². The van der Waals surface area contributed by atoms with Gasteiger partial charge in [0.05, 0.1) is 17.7 Å². The van der Waals surface area contributed by atoms with Crippen molar-refractivity contribution < 1.29 is 19.2 Å². The van der Waals surface area contributed by atoms with Gasteiger partial charge in [-0.1, -0.05) is 39.5 Å². The van der Waals surface area contributed by atoms with Crippen molar-refractivity contribution in [2.45, 2.75) is 46.0 Å². The van der Waals surface area contributed by atoms with Gasteiger partial charge < -0.3 is 9.57 Å². The van der Waals surface area contributed by atoms with E-state index in [9.17, 15) is 9.59 Å². The first-order valence-electron chi connectivity index (χ1n) is 7.73. The molecule has 0 aromatic heterocycles. The van der Waals surface area contributed by atoms with Gasteiger partial charge in [0.2, 0.25) is 0 Å². The fourth-order valence-corrected chi connectivity index (χ4v) is 2.07. The monoisotopic (exact) mass is 307 g/mol. The number of hydrogen-bond acceptors (Lipinski definition) is 5. The van der Waals surface area contributed by atoms with Crippen LogP contribution in [0.25, 0.3) is 0 Å². The maximum atomic E-state index is 11.8. The summed E-state index contributed by atoms with van der Waals surface area (Å²) in [7, 11) is 0. The van der Waals surface area contributed by atoms with E-state index < -0.39 is 5.97 Å². The van der Waals surface area contributed by atoms with E-state index in [-0.39, 0.29) is 5.97 Å². The molecule has 22 heavy (non-hydrogen) atoms. The Morgan fingerprint density at radius 1 is 0.955 bits per heavy atom. The van der Waals surface area contributed by atoms with E-state index in [1.165, 1.54) is 43.5 Å². The zero-order valence-electron chi connectivity index (χ0n) is 13.3. The third-order valence-corrected chi connectivity index (χ3v) is 3.37. The lowest BCUT2D eigenvalue weighted by Crippen LogP contribution is -2.11. The van der Waals surface area contributed by atoms with E-state index in [2.05, 4.69) is 18.7 Å². The van der Waals surface area contributed by atoms with Crippen molar-refractivity contribution >= 4 is 11.9 Å². The summed E-state index contributed by atoms with van der Waals surface area (Å²) >= 11 is 0. The Labute approximate surface area is 131 Å². The van der Waals surface area contributed by atoms with Crippen molar-refractivity contribution in [1.29, 1.82) is 0 Å². The van der Waals surface area contributed by atoms with E-state index in [4.69, 9.17) is 10.6 Å². The number of hydrogen-bond donors (Lipinski definition) is 1. The highest BCUT2D eigenvalue weighted by atomic mass is 16.7. The zero-order chi connectivity index (χ0) is 16.4. The van der Waals surface area contributed by atoms with Crippen molar-refractivity contribution in [3.8, 4) is 0 Å². The van der Waals surface area contributed by atoms with Crippen LogP contribution in [0.5, 0.6) is 0 Å². The number of rotatable bonds is 9. The summed E-state index contributed by atoms with van der Waals surface area (Å²) in [6, 6.07) is 6.02. The van der Waals surface area contributed by atoms with Gasteiger partial charge in [0, 0.05) is 0 Å². The predicted molar refractivity (Wildman–Crippen MR) is 84.3 cm³/mol. The molecule has 5 heteroatoms. The second kappa shape index (κ2) is 9.95. The summed E-state index contributed by atoms with van der Waals surface area (Å²) in [6.45, 7) is 4.87. The minimum absolute atomic E-state index is 0.296. The van der Waals surface area contributed by atoms with Crippen molar-refractivity contribution in [2.24, 2.45) is 11.8 Å². The van der Waals surface area contributed by atoms with Crippen LogP contribution in [-0.4, -0.2) is 18.5 Å². The molecule has 0 aliphatic heterocycles. The molecule has 1 aromatic carbocycles. The Bertz CT molecular complexity index is 468. The normalized spacial score (nSPS) is 10.5. The SMILES string of the molecule is CC(C)CCCCCCOC(=O)c1ccc(C(=O)ON)cc1. The molecule has 2 N–H and O–H groups in total. The van der Waals surface area contributed by atoms with Gasteiger partial charge in [-0.3, -0.25) is 0 Å². The van der Waals surface area contributed by atoms with Crippen LogP contribution in [-0.2, 0) is 9.57 Å². The lowest BCUT2D eigenvalue weighted by molar-refractivity contribution is 0.0486. The first kappa shape index (κ1) is 18.2. The van der Waals surface area contributed by atoms with E-state index in [1.54, 1.807) is 0 Å². The molecule has 0 saturated heterocycles. The summed E-state index contributed by atoms with van der Waals surface area (Å²) < 4.78 is 5.20. The van der Waals surface area contributed by atoms with Crippen LogP contribution in [0.15, 0.2) is 24.3 Å². The maximum Gasteiger partial charge on any atom is 0.356 e. The Morgan fingerprint density at radius 2 is 1.50 bits per heavy atom. The molecule has 0 amide bonds. The molecular formula is C17H25NO4. The molecule has 0 aliphatic rings. The fourth-order valence-electron chi connectivity index (χ4n) is 2.07. The molecule has 5 nitrogen and oxygen atoms in total. The van der Waals surface area contributed by atoms with Gasteiger partial charge in [-0.05, 0) is 36.6 Å². The molecular weight excluding hydrogens is 282 g/mol. The van der Waals surface area contributed by atoms with Gasteiger partial charge in [0.1, 0.15) is 0 Å². The zero-order valence-corrected chi connectivity index (χ0v) is 13.3. The van der Waals surface area contributed by atoms with Gasteiger partial charge in [-0.25, -0.2) is 9.59 Å². The Kier molecular flexibility index (Phi) is 8.22. The minimum atomic E-state index is -0.638. The number of carbonyl (C=O) groups excluding carboxylic acids is 2. The maximum absolute atomic E-state index is 11.8. The first-order chi connectivity index (χ1) is 10.5. The summed E-state index contributed by atoms with van der Waals surface area (Å²) in [5.41, 5.74) is 0.706. The Morgan fingerprint density at radius 3 is 2.05 bits per heavy atom. The van der Waals surface area contributed by atoms with Crippen LogP contribution in [0.1, 0.15) is 66.7 Å². The predicted octanol–water partition coefficient (Wildman–Crippen LogP) is 3.48. The van der Waals surface area contributed by atoms with Crippen molar-refractivity contribution in [1.82, 2.24) is 0 Å². The number of esters is 1. The summed E-state index contributed by atoms with van der Waals surface area (Å²) in [5, 5.41) is 0. The van der Waals surface area contributed by atoms with Gasteiger partial charge in [0.15, 0.2) is 0 Å². The number of carbonyl (C=O) groups is 2. The topological polar surface area (TPSA) is 78.6 Å². The molecule has 0 fully saturated rings. The number of unbranched alkanes of at least 4 members (excludes halogenated alkanes) is 3. The van der Waals surface area contributed by atoms with Gasteiger partial charge in [0.25, 0.3) is 0 Å². The van der Waals surface area contributed by atoms with Gasteiger partial charge in [-0.15, -0.1) is 0 Å². The molecule has 1 aromatic rings. The highest BCUT2D eigenvalue weighted by molar-refractivity contribution is 5.93. The average Bonchev–Trinajstić information content (AvgIpc) is 2.52. The number of nitrogens with two attached hydrogens (primary N) is 1. The lowest BCUT2D eigenvalue weighted by Gasteiger charge is -2.06. The average molecular weight is 307 g/mol. The van der Waals surface area contributed by atoms with E-state index >= 15 is 0 Å². The van der Waals surface area contributed by atoms with Crippen LogP contribution in [0.4, 0.5) is 0 Å². The summed E-state index contributed by atoms with van der Waals surface area (Å²) in [5.74, 6) is 4.52. The molecule has 0 bridgehead atoms. The molecule has 0 unspecified atom stereocenters. The van der Waals surface area contributed by atoms with Gasteiger partial charge >= 0.3 is 11.9 Å². The molecule has 0 saturated carbocycles. The largest absolute Gasteiger partial charge is 0.462 e. The van der Waals surface area contributed by atoms with Crippen LogP contribution >= 0.6 is 0 Å². The smallest absolute Gasteiger partial charge is 0.356 e. The molecule has 0 spiro atoms. The number of benzene rings is 1. The highest BCUT2D eigenvalue weighted by Gasteiger charge is 2.10. The second-order valence-corrected chi connectivity index (χ2v) is 5.72. The molecule has 0 atom stereocenters. The molecule has 0 radical (unpaired) electrons. The summed E-state index contributed by atoms with van der Waals surface area (Å²) in [6.07, 6.45) is 5.59. The quantitative estimate of drug-likeness (QED) is 0.429. The van der Waals surface area contributed by atoms with E-state index in [0.717, 1.165) is 18.8 Å². The molecule has 1 rings (SSSR count). The minimum Gasteiger partial charge on any atom is -0.462 e. The fraction of sp³-hybridized carbons (Fsp3) is 0.529. The lowest BCUT2D eigenvalue weighted by atomic mass is 10.0. The molecule has 122 valence electrons. The first-order valence-corrected chi connectivity index (χ1v) is 7.73. The van der Waals surface area contributed by atoms with Gasteiger partial charge in [-0.2, -0.15) is 5.90 Å². The molecule has 0 heterocycles. The number of ether oxygens (including phenoxy) is 1. The standard InChI is InChI=1S/C17H25NO4/c1-13(2)7-5-3-4-6-12-21-16(19)14-8-10-15(11-9-14)17(20)22-18/h8-11,13H,3-7,12,18H2,1-2H3. The van der Waals surface area contributed by atoms with Crippen molar-refractivity contribution in [2.75, 3.05) is 6.61 Å². The second-order valence-electron chi connectivity index (χ2n) is 5.72. The Balaban J connectivity index is 2.24. The third kappa shape index (κ3) is 6.72. The van der Waals surface area contributed by atoms with Crippen molar-refractivity contribution in [3.63, 3.8) is 0 Å². The van der Waals surface area contributed by atoms with Crippen LogP contribution in [0, 0.1) is 5.92 Å². The van der Waals surface area contributed by atoms with Crippen molar-refractivity contribution in [3.05, 3.63) is 35.4 Å². The van der Waals surface area contributed by atoms with Crippen LogP contribution in [0.3, 0.4) is 0 Å². The van der Waals surface area contributed by atoms with Crippen LogP contribution in [0.2, 0.25) is 0 Å². The van der Waals surface area contributed by atoms with E-state index in [1.807, 2.05) is 0 Å². The molecule has 0 aliphatic carbocycles. The third-order valence-electron chi connectivity index (χ3n) is 3.37. The van der Waals surface area contributed by atoms with E-state index in [0.29, 0.717) is 17.7 Å². The Hall–Kier alpha value is -1.88. The highest BCUT2D eigenvalue weighted by Crippen LogP contribution is 2.10.